The number of aliphatic imine (C=N–C) groups is 1. The van der Waals surface area contributed by atoms with E-state index in [1.165, 1.54) is 31.4 Å². The number of nitrogens with zero attached hydrogens (tertiary/aromatic N) is 3. The largest absolute Gasteiger partial charge is 0.379 e. The summed E-state index contributed by atoms with van der Waals surface area (Å²) in [6.45, 7) is 11.8. The van der Waals surface area contributed by atoms with Gasteiger partial charge in [0, 0.05) is 45.3 Å². The molecule has 1 aromatic carbocycles. The number of hydrogen-bond donors (Lipinski definition) is 2. The Morgan fingerprint density at radius 1 is 1.10 bits per heavy atom. The average molecular weight is 515 g/mol. The minimum Gasteiger partial charge on any atom is -0.379 e. The molecule has 0 spiro atoms. The van der Waals surface area contributed by atoms with Crippen LogP contribution in [0, 0.1) is 0 Å². The number of guanidine groups is 1. The first-order valence-electron chi connectivity index (χ1n) is 11.0. The molecule has 0 bridgehead atoms. The lowest BCUT2D eigenvalue weighted by atomic mass is 10.0. The lowest BCUT2D eigenvalue weighted by molar-refractivity contribution is 0.0389. The molecule has 2 aliphatic heterocycles. The summed E-state index contributed by atoms with van der Waals surface area (Å²) in [5, 5.41) is 6.91. The third-order valence-corrected chi connectivity index (χ3v) is 5.61. The minimum atomic E-state index is 0. The van der Waals surface area contributed by atoms with Crippen molar-refractivity contribution in [3.05, 3.63) is 35.9 Å². The van der Waals surface area contributed by atoms with Crippen molar-refractivity contribution in [3.8, 4) is 0 Å². The lowest BCUT2D eigenvalue weighted by Crippen LogP contribution is -2.45. The Balaban J connectivity index is 0.00000300. The molecule has 1 unspecified atom stereocenters. The number of hydrogen-bond acceptors (Lipinski definition) is 4. The van der Waals surface area contributed by atoms with Crippen LogP contribution in [0.2, 0.25) is 0 Å². The first-order chi connectivity index (χ1) is 13.8. The molecular weight excluding hydrogens is 477 g/mol. The lowest BCUT2D eigenvalue weighted by Gasteiger charge is -2.35. The van der Waals surface area contributed by atoms with Gasteiger partial charge in [-0.25, -0.2) is 0 Å². The summed E-state index contributed by atoms with van der Waals surface area (Å²) in [5.41, 5.74) is 1.40. The van der Waals surface area contributed by atoms with Crippen molar-refractivity contribution in [2.24, 2.45) is 4.99 Å². The third-order valence-electron chi connectivity index (χ3n) is 5.61. The van der Waals surface area contributed by atoms with Gasteiger partial charge in [0.25, 0.3) is 0 Å². The molecule has 0 radical (unpaired) electrons. The molecule has 2 N–H and O–H groups in total. The van der Waals surface area contributed by atoms with Crippen LogP contribution in [-0.4, -0.2) is 80.8 Å². The van der Waals surface area contributed by atoms with E-state index in [9.17, 15) is 0 Å². The Morgan fingerprint density at radius 3 is 2.66 bits per heavy atom. The molecule has 6 nitrogen and oxygen atoms in total. The number of ether oxygens (including phenoxy) is 1. The molecule has 0 amide bonds. The molecule has 0 aromatic heterocycles. The summed E-state index contributed by atoms with van der Waals surface area (Å²) in [4.78, 5) is 9.98. The zero-order valence-electron chi connectivity index (χ0n) is 17.8. The fraction of sp³-hybridized carbons (Fsp3) is 0.682. The molecule has 0 saturated carbocycles. The highest BCUT2D eigenvalue weighted by molar-refractivity contribution is 14.0. The quantitative estimate of drug-likeness (QED) is 0.317. The minimum absolute atomic E-state index is 0. The zero-order chi connectivity index (χ0) is 19.4. The highest BCUT2D eigenvalue weighted by Gasteiger charge is 2.22. The average Bonchev–Trinajstić information content (AvgIpc) is 2.74. The summed E-state index contributed by atoms with van der Waals surface area (Å²) in [5.74, 6) is 0.945. The van der Waals surface area contributed by atoms with Gasteiger partial charge in [0.05, 0.1) is 19.8 Å². The van der Waals surface area contributed by atoms with Crippen LogP contribution in [0.25, 0.3) is 0 Å². The Morgan fingerprint density at radius 2 is 1.90 bits per heavy atom. The molecule has 0 aliphatic carbocycles. The number of likely N-dealkylation sites (tertiary alicyclic amines) is 1. The van der Waals surface area contributed by atoms with Crippen molar-refractivity contribution >= 4 is 29.9 Å². The molecule has 164 valence electrons. The van der Waals surface area contributed by atoms with Gasteiger partial charge in [-0.05, 0) is 31.9 Å². The van der Waals surface area contributed by atoms with E-state index in [1.54, 1.807) is 0 Å². The molecule has 1 aromatic rings. The monoisotopic (exact) mass is 515 g/mol. The van der Waals surface area contributed by atoms with Crippen LogP contribution in [0.15, 0.2) is 35.3 Å². The number of halogens is 1. The number of piperidine rings is 1. The van der Waals surface area contributed by atoms with Gasteiger partial charge in [0.1, 0.15) is 0 Å². The molecule has 7 heteroatoms. The molecule has 3 rings (SSSR count). The molecular formula is C22H38IN5O. The van der Waals surface area contributed by atoms with E-state index >= 15 is 0 Å². The summed E-state index contributed by atoms with van der Waals surface area (Å²) >= 11 is 0. The van der Waals surface area contributed by atoms with Crippen LogP contribution >= 0.6 is 24.0 Å². The van der Waals surface area contributed by atoms with Crippen molar-refractivity contribution in [2.75, 3.05) is 59.0 Å². The summed E-state index contributed by atoms with van der Waals surface area (Å²) in [6.07, 6.45) is 3.85. The first kappa shape index (κ1) is 24.4. The van der Waals surface area contributed by atoms with E-state index in [1.807, 2.05) is 0 Å². The van der Waals surface area contributed by atoms with Crippen LogP contribution in [0.1, 0.15) is 31.7 Å². The third kappa shape index (κ3) is 8.78. The van der Waals surface area contributed by atoms with Crippen LogP contribution < -0.4 is 10.6 Å². The fourth-order valence-corrected chi connectivity index (χ4v) is 3.99. The topological polar surface area (TPSA) is 52.1 Å². The van der Waals surface area contributed by atoms with Gasteiger partial charge in [-0.15, -0.1) is 24.0 Å². The van der Waals surface area contributed by atoms with E-state index in [0.717, 1.165) is 65.0 Å². The van der Waals surface area contributed by atoms with Crippen LogP contribution in [-0.2, 0) is 11.3 Å². The van der Waals surface area contributed by atoms with Crippen LogP contribution in [0.4, 0.5) is 0 Å². The second-order valence-electron chi connectivity index (χ2n) is 7.71. The van der Waals surface area contributed by atoms with Crippen molar-refractivity contribution in [2.45, 2.75) is 38.8 Å². The highest BCUT2D eigenvalue weighted by Crippen LogP contribution is 2.20. The van der Waals surface area contributed by atoms with Crippen molar-refractivity contribution in [3.63, 3.8) is 0 Å². The SMILES string of the molecule is CCNC(=NCC1CCCCN1Cc1ccccc1)NCCN1CCOCC1.I. The summed E-state index contributed by atoms with van der Waals surface area (Å²) in [6, 6.07) is 11.3. The van der Waals surface area contributed by atoms with Crippen LogP contribution in [0.5, 0.6) is 0 Å². The van der Waals surface area contributed by atoms with E-state index in [2.05, 4.69) is 57.7 Å². The maximum Gasteiger partial charge on any atom is 0.191 e. The van der Waals surface area contributed by atoms with E-state index in [4.69, 9.17) is 9.73 Å². The van der Waals surface area contributed by atoms with Gasteiger partial charge < -0.3 is 15.4 Å². The number of morpholine rings is 1. The predicted molar refractivity (Wildman–Crippen MR) is 131 cm³/mol. The second-order valence-corrected chi connectivity index (χ2v) is 7.71. The summed E-state index contributed by atoms with van der Waals surface area (Å²) in [7, 11) is 0. The maximum absolute atomic E-state index is 5.42. The summed E-state index contributed by atoms with van der Waals surface area (Å²) < 4.78 is 5.42. The van der Waals surface area contributed by atoms with E-state index in [-0.39, 0.29) is 24.0 Å². The van der Waals surface area contributed by atoms with Crippen molar-refractivity contribution < 1.29 is 4.74 Å². The molecule has 2 aliphatic rings. The predicted octanol–water partition coefficient (Wildman–Crippen LogP) is 2.55. The van der Waals surface area contributed by atoms with Gasteiger partial charge >= 0.3 is 0 Å². The Kier molecular flexibility index (Phi) is 11.9. The van der Waals surface area contributed by atoms with Gasteiger partial charge in [-0.3, -0.25) is 14.8 Å². The molecule has 2 fully saturated rings. The molecule has 2 heterocycles. The van der Waals surface area contributed by atoms with Gasteiger partial charge in [0.15, 0.2) is 5.96 Å². The molecule has 2 saturated heterocycles. The Labute approximate surface area is 193 Å². The van der Waals surface area contributed by atoms with Crippen molar-refractivity contribution in [1.82, 2.24) is 20.4 Å². The second kappa shape index (κ2) is 14.2. The molecule has 29 heavy (non-hydrogen) atoms. The van der Waals surface area contributed by atoms with Gasteiger partial charge in [-0.2, -0.15) is 0 Å². The molecule has 1 atom stereocenters. The number of benzene rings is 1. The van der Waals surface area contributed by atoms with Gasteiger partial charge in [-0.1, -0.05) is 36.8 Å². The van der Waals surface area contributed by atoms with E-state index < -0.39 is 0 Å². The zero-order valence-corrected chi connectivity index (χ0v) is 20.1. The van der Waals surface area contributed by atoms with E-state index in [0.29, 0.717) is 6.04 Å². The fourth-order valence-electron chi connectivity index (χ4n) is 3.99. The number of rotatable bonds is 8. The highest BCUT2D eigenvalue weighted by atomic mass is 127. The van der Waals surface area contributed by atoms with Crippen LogP contribution in [0.3, 0.4) is 0 Å². The maximum atomic E-state index is 5.42. The first-order valence-corrected chi connectivity index (χ1v) is 11.0. The van der Waals surface area contributed by atoms with Crippen molar-refractivity contribution in [1.29, 1.82) is 0 Å². The van der Waals surface area contributed by atoms with Gasteiger partial charge in [0.2, 0.25) is 0 Å². The number of nitrogens with one attached hydrogen (secondary N) is 2. The Bertz CT molecular complexity index is 580. The Hall–Kier alpha value is -0.900. The normalized spacial score (nSPS) is 21.4. The smallest absolute Gasteiger partial charge is 0.191 e. The standard InChI is InChI=1S/C22H37N5O.HI/c1-2-23-22(24-11-13-26-14-16-28-17-15-26)25-18-21-10-6-7-12-27(21)19-20-8-4-3-5-9-20;/h3-5,8-9,21H,2,6-7,10-19H2,1H3,(H2,23,24,25);1H.